The topological polar surface area (TPSA) is 81.2 Å². The molecular formula is C22H32N4O4S. The predicted octanol–water partition coefficient (Wildman–Crippen LogP) is 1.30. The second-order valence-electron chi connectivity index (χ2n) is 8.62. The minimum atomic E-state index is -3.56. The van der Waals surface area contributed by atoms with Gasteiger partial charge in [-0.05, 0) is 43.1 Å². The van der Waals surface area contributed by atoms with Gasteiger partial charge in [-0.2, -0.15) is 4.31 Å². The lowest BCUT2D eigenvalue weighted by Crippen LogP contribution is -2.55. The molecule has 1 atom stereocenters. The van der Waals surface area contributed by atoms with E-state index in [2.05, 4.69) is 11.8 Å². The Hall–Kier alpha value is -1.97. The molecule has 3 heterocycles. The van der Waals surface area contributed by atoms with Crippen LogP contribution in [0.25, 0.3) is 0 Å². The molecule has 0 N–H and O–H groups in total. The minimum absolute atomic E-state index is 0.0532. The number of likely N-dealkylation sites (N-methyl/N-ethyl adjacent to an activating group) is 1. The first-order valence-corrected chi connectivity index (χ1v) is 12.7. The van der Waals surface area contributed by atoms with Gasteiger partial charge in [0.2, 0.25) is 21.8 Å². The van der Waals surface area contributed by atoms with Crippen LogP contribution in [0, 0.1) is 0 Å². The molecule has 4 rings (SSSR count). The third-order valence-electron chi connectivity index (χ3n) is 6.74. The maximum atomic E-state index is 13.3. The number of rotatable bonds is 4. The highest BCUT2D eigenvalue weighted by atomic mass is 32.2. The summed E-state index contributed by atoms with van der Waals surface area (Å²) in [5.41, 5.74) is 1.40. The second-order valence-corrected chi connectivity index (χ2v) is 10.6. The molecular weight excluding hydrogens is 416 g/mol. The molecule has 0 bridgehead atoms. The fourth-order valence-corrected chi connectivity index (χ4v) is 6.49. The molecule has 31 heavy (non-hydrogen) atoms. The van der Waals surface area contributed by atoms with E-state index >= 15 is 0 Å². The van der Waals surface area contributed by atoms with Crippen LogP contribution in [0.1, 0.15) is 38.7 Å². The molecule has 2 saturated heterocycles. The molecule has 1 aromatic carbocycles. The fourth-order valence-electron chi connectivity index (χ4n) is 4.92. The first-order valence-electron chi connectivity index (χ1n) is 11.3. The van der Waals surface area contributed by atoms with Gasteiger partial charge >= 0.3 is 0 Å². The van der Waals surface area contributed by atoms with E-state index in [0.717, 1.165) is 44.5 Å². The molecule has 3 aliphatic rings. The summed E-state index contributed by atoms with van der Waals surface area (Å²) >= 11 is 0. The Bertz CT molecular complexity index is 950. The van der Waals surface area contributed by atoms with Crippen molar-refractivity contribution in [2.75, 3.05) is 50.7 Å². The van der Waals surface area contributed by atoms with Crippen LogP contribution in [-0.2, 0) is 26.0 Å². The van der Waals surface area contributed by atoms with Crippen molar-refractivity contribution in [3.05, 3.63) is 23.8 Å². The summed E-state index contributed by atoms with van der Waals surface area (Å²) in [6, 6.07) is 4.33. The molecule has 3 aliphatic heterocycles. The number of nitrogens with zero attached hydrogens (tertiary/aromatic N) is 4. The largest absolute Gasteiger partial charge is 0.338 e. The van der Waals surface area contributed by atoms with Crippen LogP contribution in [0.3, 0.4) is 0 Å². The van der Waals surface area contributed by atoms with Crippen LogP contribution < -0.4 is 4.90 Å². The van der Waals surface area contributed by atoms with Crippen molar-refractivity contribution in [3.63, 3.8) is 0 Å². The number of hydrogen-bond donors (Lipinski definition) is 0. The molecule has 2 amide bonds. The Kier molecular flexibility index (Phi) is 6.37. The van der Waals surface area contributed by atoms with Crippen molar-refractivity contribution in [1.29, 1.82) is 0 Å². The Labute approximate surface area is 184 Å². The van der Waals surface area contributed by atoms with Crippen LogP contribution in [-0.4, -0.2) is 86.2 Å². The first kappa shape index (κ1) is 22.2. The van der Waals surface area contributed by atoms with E-state index in [-0.39, 0.29) is 16.7 Å². The van der Waals surface area contributed by atoms with Gasteiger partial charge in [0.15, 0.2) is 0 Å². The van der Waals surface area contributed by atoms with Gasteiger partial charge in [-0.15, -0.1) is 0 Å². The zero-order valence-electron chi connectivity index (χ0n) is 18.4. The smallest absolute Gasteiger partial charge is 0.246 e. The van der Waals surface area contributed by atoms with Crippen molar-refractivity contribution in [1.82, 2.24) is 14.1 Å². The molecule has 9 heteroatoms. The van der Waals surface area contributed by atoms with Crippen molar-refractivity contribution in [2.24, 2.45) is 0 Å². The van der Waals surface area contributed by atoms with Crippen molar-refractivity contribution in [3.8, 4) is 0 Å². The average Bonchev–Trinajstić information content (AvgIpc) is 3.18. The summed E-state index contributed by atoms with van der Waals surface area (Å²) in [6.07, 6.45) is 3.17. The minimum Gasteiger partial charge on any atom is -0.338 e. The summed E-state index contributed by atoms with van der Waals surface area (Å²) in [4.78, 5) is 31.7. The van der Waals surface area contributed by atoms with Crippen molar-refractivity contribution >= 4 is 27.5 Å². The highest BCUT2D eigenvalue weighted by Crippen LogP contribution is 2.36. The number of fused-ring (bicyclic) bond motifs is 1. The van der Waals surface area contributed by atoms with Gasteiger partial charge in [0.05, 0.1) is 4.90 Å². The second kappa shape index (κ2) is 8.88. The normalized spacial score (nSPS) is 23.1. The summed E-state index contributed by atoms with van der Waals surface area (Å²) in [6.45, 7) is 8.60. The quantitative estimate of drug-likeness (QED) is 0.694. The monoisotopic (exact) mass is 448 g/mol. The fraction of sp³-hybridized carbons (Fsp3) is 0.636. The van der Waals surface area contributed by atoms with Gasteiger partial charge in [-0.3, -0.25) is 14.5 Å². The number of carbonyl (C=O) groups excluding carboxylic acids is 2. The number of amides is 2. The lowest BCUT2D eigenvalue weighted by Gasteiger charge is -2.36. The highest BCUT2D eigenvalue weighted by Gasteiger charge is 2.40. The van der Waals surface area contributed by atoms with Gasteiger partial charge in [-0.25, -0.2) is 8.42 Å². The van der Waals surface area contributed by atoms with Crippen molar-refractivity contribution < 1.29 is 18.0 Å². The van der Waals surface area contributed by atoms with Crippen LogP contribution in [0.2, 0.25) is 0 Å². The van der Waals surface area contributed by atoms with E-state index in [1.165, 1.54) is 6.92 Å². The number of hydrogen-bond acceptors (Lipinski definition) is 5. The molecule has 0 aliphatic carbocycles. The maximum Gasteiger partial charge on any atom is 0.246 e. The zero-order valence-corrected chi connectivity index (χ0v) is 19.2. The van der Waals surface area contributed by atoms with Crippen LogP contribution in [0.15, 0.2) is 23.1 Å². The SMILES string of the molecule is CCN1CCN(C(=O)[C@H]2Cc3cc(S(=O)(=O)N4CCCCC4)ccc3N2C(C)=O)CC1. The molecule has 2 fully saturated rings. The van der Waals surface area contributed by atoms with E-state index in [0.29, 0.717) is 38.3 Å². The molecule has 0 spiro atoms. The average molecular weight is 449 g/mol. The molecule has 0 unspecified atom stereocenters. The standard InChI is InChI=1S/C22H32N4O4S/c1-3-23-11-13-24(14-12-23)22(28)21-16-18-15-19(7-8-20(18)26(21)17(2)27)31(29,30)25-9-5-4-6-10-25/h7-8,15,21H,3-6,9-14,16H2,1-2H3/t21-/m1/s1. The number of anilines is 1. The molecule has 8 nitrogen and oxygen atoms in total. The molecule has 1 aromatic rings. The maximum absolute atomic E-state index is 13.3. The summed E-state index contributed by atoms with van der Waals surface area (Å²) in [5, 5.41) is 0. The Morgan fingerprint density at radius 1 is 1.00 bits per heavy atom. The number of piperidine rings is 1. The Balaban J connectivity index is 1.57. The number of piperazine rings is 1. The van der Waals surface area contributed by atoms with Crippen molar-refractivity contribution in [2.45, 2.75) is 50.5 Å². The lowest BCUT2D eigenvalue weighted by molar-refractivity contribution is -0.135. The third-order valence-corrected chi connectivity index (χ3v) is 8.64. The Morgan fingerprint density at radius 3 is 2.29 bits per heavy atom. The number of sulfonamides is 1. The van der Waals surface area contributed by atoms with Gasteiger partial charge in [0.25, 0.3) is 0 Å². The predicted molar refractivity (Wildman–Crippen MR) is 118 cm³/mol. The van der Waals surface area contributed by atoms with Gasteiger partial charge in [0, 0.05) is 58.3 Å². The number of carbonyl (C=O) groups is 2. The lowest BCUT2D eigenvalue weighted by atomic mass is 10.1. The zero-order chi connectivity index (χ0) is 22.2. The summed E-state index contributed by atoms with van der Waals surface area (Å²) < 4.78 is 27.7. The van der Waals surface area contributed by atoms with Gasteiger partial charge < -0.3 is 9.80 Å². The highest BCUT2D eigenvalue weighted by molar-refractivity contribution is 7.89. The van der Waals surface area contributed by atoms with E-state index < -0.39 is 16.1 Å². The van der Waals surface area contributed by atoms with Crippen LogP contribution in [0.4, 0.5) is 5.69 Å². The Morgan fingerprint density at radius 2 is 1.68 bits per heavy atom. The van der Waals surface area contributed by atoms with Gasteiger partial charge in [0.1, 0.15) is 6.04 Å². The van der Waals surface area contributed by atoms with E-state index in [1.54, 1.807) is 27.4 Å². The molecule has 0 radical (unpaired) electrons. The molecule has 0 aromatic heterocycles. The first-order chi connectivity index (χ1) is 14.8. The van der Waals surface area contributed by atoms with Crippen LogP contribution >= 0.6 is 0 Å². The summed E-state index contributed by atoms with van der Waals surface area (Å²) in [5.74, 6) is -0.251. The van der Waals surface area contributed by atoms with Gasteiger partial charge in [-0.1, -0.05) is 13.3 Å². The molecule has 0 saturated carbocycles. The van der Waals surface area contributed by atoms with Crippen LogP contribution in [0.5, 0.6) is 0 Å². The van der Waals surface area contributed by atoms with E-state index in [4.69, 9.17) is 0 Å². The van der Waals surface area contributed by atoms with E-state index in [1.807, 2.05) is 4.90 Å². The molecule has 170 valence electrons. The summed E-state index contributed by atoms with van der Waals surface area (Å²) in [7, 11) is -3.56. The number of benzene rings is 1. The third kappa shape index (κ3) is 4.23. The van der Waals surface area contributed by atoms with E-state index in [9.17, 15) is 18.0 Å².